The minimum Gasteiger partial charge on any atom is -0.305 e. The zero-order valence-corrected chi connectivity index (χ0v) is 8.81. The number of nitrogens with one attached hydrogen (secondary N) is 1. The number of halogens is 4. The summed E-state index contributed by atoms with van der Waals surface area (Å²) in [5.41, 5.74) is 0.0577. The maximum absolute atomic E-state index is 12.9. The first-order chi connectivity index (χ1) is 7.56. The third-order valence-corrected chi connectivity index (χ3v) is 2.17. The molecule has 1 rings (SSSR count). The summed E-state index contributed by atoms with van der Waals surface area (Å²) in [6.45, 7) is 2.23. The van der Waals surface area contributed by atoms with Gasteiger partial charge in [-0.25, -0.2) is 17.6 Å². The molecule has 5 heteroatoms. The summed E-state index contributed by atoms with van der Waals surface area (Å²) in [5, 5.41) is 2.59. The minimum atomic E-state index is -2.66. The topological polar surface area (TPSA) is 12.0 Å². The average Bonchev–Trinajstić information content (AvgIpc) is 2.23. The molecule has 0 spiro atoms. The zero-order chi connectivity index (χ0) is 12.1. The molecule has 1 atom stereocenters. The summed E-state index contributed by atoms with van der Waals surface area (Å²) >= 11 is 0. The van der Waals surface area contributed by atoms with Crippen LogP contribution in [0.4, 0.5) is 17.6 Å². The summed E-state index contributed by atoms with van der Waals surface area (Å²) in [4.78, 5) is 0. The molecule has 0 aliphatic heterocycles. The third-order valence-electron chi connectivity index (χ3n) is 2.17. The van der Waals surface area contributed by atoms with Crippen molar-refractivity contribution in [1.29, 1.82) is 0 Å². The molecule has 16 heavy (non-hydrogen) atoms. The van der Waals surface area contributed by atoms with Crippen molar-refractivity contribution in [2.75, 3.05) is 6.54 Å². The van der Waals surface area contributed by atoms with Crippen molar-refractivity contribution >= 4 is 0 Å². The van der Waals surface area contributed by atoms with Crippen molar-refractivity contribution in [3.05, 3.63) is 35.4 Å². The molecule has 0 radical (unpaired) electrons. The highest BCUT2D eigenvalue weighted by Gasteiger charge is 2.22. The largest absolute Gasteiger partial charge is 0.305 e. The Morgan fingerprint density at radius 2 is 1.88 bits per heavy atom. The molecule has 0 aliphatic carbocycles. The highest BCUT2D eigenvalue weighted by molar-refractivity contribution is 5.21. The summed E-state index contributed by atoms with van der Waals surface area (Å²) in [7, 11) is 0. The first-order valence-electron chi connectivity index (χ1n) is 5.02. The lowest BCUT2D eigenvalue weighted by atomic mass is 10.1. The monoisotopic (exact) mass is 235 g/mol. The van der Waals surface area contributed by atoms with Gasteiger partial charge in [0.25, 0.3) is 6.43 Å². The Morgan fingerprint density at radius 3 is 2.38 bits per heavy atom. The van der Waals surface area contributed by atoms with Gasteiger partial charge < -0.3 is 5.32 Å². The van der Waals surface area contributed by atoms with E-state index in [1.807, 2.05) is 6.92 Å². The molecule has 1 aromatic carbocycles. The Balaban J connectivity index is 2.88. The van der Waals surface area contributed by atoms with E-state index in [2.05, 4.69) is 5.32 Å². The quantitative estimate of drug-likeness (QED) is 0.772. The molecule has 0 amide bonds. The standard InChI is InChI=1S/C11H13F4N/c1-2-5-16-10(11(14)15)7-3-4-8(12)9(13)6-7/h3-4,6,10-11,16H,2,5H2,1H3. The van der Waals surface area contributed by atoms with Gasteiger partial charge in [-0.05, 0) is 30.7 Å². The van der Waals surface area contributed by atoms with Crippen LogP contribution in [0.15, 0.2) is 18.2 Å². The highest BCUT2D eigenvalue weighted by atomic mass is 19.3. The highest BCUT2D eigenvalue weighted by Crippen LogP contribution is 2.22. The van der Waals surface area contributed by atoms with Gasteiger partial charge in [-0.1, -0.05) is 13.0 Å². The number of rotatable bonds is 5. The Morgan fingerprint density at radius 1 is 1.19 bits per heavy atom. The lowest BCUT2D eigenvalue weighted by Crippen LogP contribution is -2.28. The number of hydrogen-bond acceptors (Lipinski definition) is 1. The van der Waals surface area contributed by atoms with E-state index in [4.69, 9.17) is 0 Å². The van der Waals surface area contributed by atoms with Crippen LogP contribution in [-0.4, -0.2) is 13.0 Å². The summed E-state index contributed by atoms with van der Waals surface area (Å²) in [6.07, 6.45) is -1.97. The van der Waals surface area contributed by atoms with Gasteiger partial charge in [0.05, 0.1) is 6.04 Å². The van der Waals surface area contributed by atoms with Gasteiger partial charge in [0.2, 0.25) is 0 Å². The molecule has 0 saturated carbocycles. The maximum Gasteiger partial charge on any atom is 0.257 e. The summed E-state index contributed by atoms with van der Waals surface area (Å²) in [6, 6.07) is 1.57. The van der Waals surface area contributed by atoms with E-state index < -0.39 is 24.1 Å². The Labute approximate surface area is 91.5 Å². The van der Waals surface area contributed by atoms with Crippen molar-refractivity contribution in [3.63, 3.8) is 0 Å². The second kappa shape index (κ2) is 5.84. The lowest BCUT2D eigenvalue weighted by molar-refractivity contribution is 0.0983. The fourth-order valence-electron chi connectivity index (χ4n) is 1.36. The third kappa shape index (κ3) is 3.20. The Hall–Kier alpha value is -1.10. The van der Waals surface area contributed by atoms with Crippen molar-refractivity contribution in [2.45, 2.75) is 25.8 Å². The predicted molar refractivity (Wildman–Crippen MR) is 53.4 cm³/mol. The normalized spacial score (nSPS) is 13.1. The predicted octanol–water partition coefficient (Wildman–Crippen LogP) is 3.27. The first-order valence-corrected chi connectivity index (χ1v) is 5.02. The maximum atomic E-state index is 12.9. The molecule has 0 heterocycles. The van der Waals surface area contributed by atoms with Gasteiger partial charge in [0, 0.05) is 0 Å². The molecule has 0 aliphatic rings. The first kappa shape index (κ1) is 13.0. The number of hydrogen-bond donors (Lipinski definition) is 1. The fraction of sp³-hybridized carbons (Fsp3) is 0.455. The van der Waals surface area contributed by atoms with Crippen LogP contribution in [-0.2, 0) is 0 Å². The molecular weight excluding hydrogens is 222 g/mol. The van der Waals surface area contributed by atoms with Gasteiger partial charge >= 0.3 is 0 Å². The molecule has 1 nitrogen and oxygen atoms in total. The number of benzene rings is 1. The second-order valence-electron chi connectivity index (χ2n) is 3.44. The van der Waals surface area contributed by atoms with E-state index in [1.54, 1.807) is 0 Å². The van der Waals surface area contributed by atoms with E-state index in [0.717, 1.165) is 18.2 Å². The van der Waals surface area contributed by atoms with Crippen molar-refractivity contribution in [1.82, 2.24) is 5.32 Å². The van der Waals surface area contributed by atoms with Crippen molar-refractivity contribution in [3.8, 4) is 0 Å². The van der Waals surface area contributed by atoms with Gasteiger partial charge in [-0.15, -0.1) is 0 Å². The SMILES string of the molecule is CCCNC(c1ccc(F)c(F)c1)C(F)F. The van der Waals surface area contributed by atoms with Crippen LogP contribution in [0.3, 0.4) is 0 Å². The Bertz CT molecular complexity index is 341. The van der Waals surface area contributed by atoms with Crippen LogP contribution < -0.4 is 5.32 Å². The summed E-state index contributed by atoms with van der Waals surface area (Å²) in [5.74, 6) is -2.14. The van der Waals surface area contributed by atoms with E-state index in [1.165, 1.54) is 0 Å². The van der Waals surface area contributed by atoms with Gasteiger partial charge in [-0.3, -0.25) is 0 Å². The van der Waals surface area contributed by atoms with E-state index in [9.17, 15) is 17.6 Å². The van der Waals surface area contributed by atoms with Gasteiger partial charge in [0.1, 0.15) is 0 Å². The minimum absolute atomic E-state index is 0.0577. The molecule has 1 N–H and O–H groups in total. The van der Waals surface area contributed by atoms with Crippen molar-refractivity contribution < 1.29 is 17.6 Å². The van der Waals surface area contributed by atoms with E-state index in [-0.39, 0.29) is 5.56 Å². The lowest BCUT2D eigenvalue weighted by Gasteiger charge is -2.18. The second-order valence-corrected chi connectivity index (χ2v) is 3.44. The molecule has 1 unspecified atom stereocenters. The van der Waals surface area contributed by atoms with Crippen molar-refractivity contribution in [2.24, 2.45) is 0 Å². The molecule has 0 bridgehead atoms. The van der Waals surface area contributed by atoms with Crippen LogP contribution in [0.25, 0.3) is 0 Å². The average molecular weight is 235 g/mol. The molecule has 0 fully saturated rings. The van der Waals surface area contributed by atoms with Crippen LogP contribution >= 0.6 is 0 Å². The Kier molecular flexibility index (Phi) is 4.73. The van der Waals surface area contributed by atoms with Crippen LogP contribution in [0.1, 0.15) is 24.9 Å². The molecule has 1 aromatic rings. The van der Waals surface area contributed by atoms with Crippen LogP contribution in [0, 0.1) is 11.6 Å². The molecule has 0 aromatic heterocycles. The van der Waals surface area contributed by atoms with E-state index in [0.29, 0.717) is 13.0 Å². The molecule has 90 valence electrons. The van der Waals surface area contributed by atoms with Gasteiger partial charge in [0.15, 0.2) is 11.6 Å². The molecular formula is C11H13F4N. The van der Waals surface area contributed by atoms with E-state index >= 15 is 0 Å². The van der Waals surface area contributed by atoms with Crippen LogP contribution in [0.2, 0.25) is 0 Å². The number of alkyl halides is 2. The van der Waals surface area contributed by atoms with Crippen LogP contribution in [0.5, 0.6) is 0 Å². The zero-order valence-electron chi connectivity index (χ0n) is 8.81. The summed E-state index contributed by atoms with van der Waals surface area (Å²) < 4.78 is 50.8. The fourth-order valence-corrected chi connectivity index (χ4v) is 1.36. The van der Waals surface area contributed by atoms with Gasteiger partial charge in [-0.2, -0.15) is 0 Å². The molecule has 0 saturated heterocycles. The smallest absolute Gasteiger partial charge is 0.257 e.